The largest absolute Gasteiger partial charge is 0.493 e. The Morgan fingerprint density at radius 1 is 1.33 bits per heavy atom. The average Bonchev–Trinajstić information content (AvgIpc) is 2.81. The molecule has 0 saturated heterocycles. The number of nitrogens with zero attached hydrogens (tertiary/aromatic N) is 2. The van der Waals surface area contributed by atoms with Gasteiger partial charge in [0.15, 0.2) is 11.5 Å². The van der Waals surface area contributed by atoms with E-state index in [0.717, 1.165) is 23.7 Å². The van der Waals surface area contributed by atoms with Crippen molar-refractivity contribution in [3.8, 4) is 11.5 Å². The normalized spacial score (nSPS) is 10.3. The maximum atomic E-state index is 5.70. The van der Waals surface area contributed by atoms with E-state index < -0.39 is 0 Å². The van der Waals surface area contributed by atoms with E-state index in [1.165, 1.54) is 5.56 Å². The van der Waals surface area contributed by atoms with Gasteiger partial charge in [0, 0.05) is 11.5 Å². The van der Waals surface area contributed by atoms with E-state index in [1.807, 2.05) is 18.2 Å². The summed E-state index contributed by atoms with van der Waals surface area (Å²) in [5.41, 5.74) is 7.56. The molecule has 1 heterocycles. The summed E-state index contributed by atoms with van der Waals surface area (Å²) >= 11 is 1.16. The van der Waals surface area contributed by atoms with E-state index in [2.05, 4.69) is 16.5 Å². The Morgan fingerprint density at radius 2 is 2.17 bits per heavy atom. The SMILES string of the molecule is CCc1ccc(OCc2nnsc2N)c(OC)c1. The number of methoxy groups -OCH3 is 1. The summed E-state index contributed by atoms with van der Waals surface area (Å²) in [6.07, 6.45) is 0.958. The number of aromatic nitrogens is 2. The Balaban J connectivity index is 2.11. The predicted molar refractivity (Wildman–Crippen MR) is 71.0 cm³/mol. The first-order chi connectivity index (χ1) is 8.74. The summed E-state index contributed by atoms with van der Waals surface area (Å²) in [4.78, 5) is 0. The fourth-order valence-corrected chi connectivity index (χ4v) is 1.95. The Morgan fingerprint density at radius 3 is 2.78 bits per heavy atom. The second-order valence-corrected chi connectivity index (χ2v) is 4.50. The number of hydrogen-bond acceptors (Lipinski definition) is 6. The van der Waals surface area contributed by atoms with Crippen LogP contribution in [-0.4, -0.2) is 16.7 Å². The molecule has 0 bridgehead atoms. The summed E-state index contributed by atoms with van der Waals surface area (Å²) < 4.78 is 14.7. The first-order valence-corrected chi connectivity index (χ1v) is 6.38. The Hall–Kier alpha value is -1.82. The van der Waals surface area contributed by atoms with Gasteiger partial charge < -0.3 is 15.2 Å². The van der Waals surface area contributed by atoms with Crippen LogP contribution in [0.25, 0.3) is 0 Å². The van der Waals surface area contributed by atoms with Crippen molar-refractivity contribution in [3.05, 3.63) is 29.5 Å². The van der Waals surface area contributed by atoms with Gasteiger partial charge in [0.05, 0.1) is 7.11 Å². The quantitative estimate of drug-likeness (QED) is 0.898. The molecule has 0 amide bonds. The van der Waals surface area contributed by atoms with Crippen molar-refractivity contribution >= 4 is 16.5 Å². The molecule has 6 heteroatoms. The van der Waals surface area contributed by atoms with Gasteiger partial charge in [-0.25, -0.2) is 0 Å². The molecule has 1 aromatic carbocycles. The lowest BCUT2D eigenvalue weighted by Crippen LogP contribution is -2.01. The maximum absolute atomic E-state index is 5.70. The van der Waals surface area contributed by atoms with E-state index in [1.54, 1.807) is 7.11 Å². The molecule has 0 spiro atoms. The standard InChI is InChI=1S/C12H15N3O2S/c1-3-8-4-5-10(11(6-8)16-2)17-7-9-12(13)18-15-14-9/h4-6H,3,7,13H2,1-2H3. The second kappa shape index (κ2) is 5.68. The van der Waals surface area contributed by atoms with E-state index in [9.17, 15) is 0 Å². The number of hydrogen-bond donors (Lipinski definition) is 1. The molecule has 0 saturated carbocycles. The Bertz CT molecular complexity index is 528. The van der Waals surface area contributed by atoms with Gasteiger partial charge in [-0.3, -0.25) is 0 Å². The predicted octanol–water partition coefficient (Wildman–Crippen LogP) is 2.27. The molecule has 96 valence electrons. The van der Waals surface area contributed by atoms with Gasteiger partial charge in [-0.1, -0.05) is 17.5 Å². The van der Waals surface area contributed by atoms with Crippen LogP contribution >= 0.6 is 11.5 Å². The molecule has 18 heavy (non-hydrogen) atoms. The summed E-state index contributed by atoms with van der Waals surface area (Å²) in [6, 6.07) is 5.88. The zero-order valence-corrected chi connectivity index (χ0v) is 11.2. The van der Waals surface area contributed by atoms with Crippen molar-refractivity contribution in [2.24, 2.45) is 0 Å². The topological polar surface area (TPSA) is 70.3 Å². The lowest BCUT2D eigenvalue weighted by atomic mass is 10.1. The highest BCUT2D eigenvalue weighted by Crippen LogP contribution is 2.29. The van der Waals surface area contributed by atoms with Gasteiger partial charge in [0.2, 0.25) is 0 Å². The van der Waals surface area contributed by atoms with Crippen molar-refractivity contribution < 1.29 is 9.47 Å². The van der Waals surface area contributed by atoms with Crippen molar-refractivity contribution in [1.29, 1.82) is 0 Å². The van der Waals surface area contributed by atoms with Crippen LogP contribution in [0.3, 0.4) is 0 Å². The molecule has 0 radical (unpaired) electrons. The summed E-state index contributed by atoms with van der Waals surface area (Å²) in [7, 11) is 1.63. The third-order valence-electron chi connectivity index (χ3n) is 2.59. The minimum Gasteiger partial charge on any atom is -0.493 e. The third-order valence-corrected chi connectivity index (χ3v) is 3.18. The van der Waals surface area contributed by atoms with Crippen LogP contribution in [0.1, 0.15) is 18.2 Å². The number of nitrogen functional groups attached to an aromatic ring is 1. The van der Waals surface area contributed by atoms with Crippen LogP contribution in [0.15, 0.2) is 18.2 Å². The number of anilines is 1. The number of benzene rings is 1. The van der Waals surface area contributed by atoms with Crippen LogP contribution in [0.5, 0.6) is 11.5 Å². The first kappa shape index (κ1) is 12.6. The lowest BCUT2D eigenvalue weighted by molar-refractivity contribution is 0.281. The van der Waals surface area contributed by atoms with E-state index in [0.29, 0.717) is 23.1 Å². The summed E-state index contributed by atoms with van der Waals surface area (Å²) in [6.45, 7) is 2.39. The molecule has 0 aliphatic carbocycles. The molecule has 0 unspecified atom stereocenters. The van der Waals surface area contributed by atoms with Gasteiger partial charge in [-0.05, 0) is 24.1 Å². The Labute approximate surface area is 110 Å². The van der Waals surface area contributed by atoms with E-state index in [-0.39, 0.29) is 0 Å². The second-order valence-electron chi connectivity index (χ2n) is 3.71. The summed E-state index contributed by atoms with van der Waals surface area (Å²) in [5, 5.41) is 4.48. The molecular formula is C12H15N3O2S. The third kappa shape index (κ3) is 2.70. The number of rotatable bonds is 5. The molecule has 5 nitrogen and oxygen atoms in total. The molecule has 2 N–H and O–H groups in total. The van der Waals surface area contributed by atoms with Crippen molar-refractivity contribution in [3.63, 3.8) is 0 Å². The Kier molecular flexibility index (Phi) is 3.99. The number of ether oxygens (including phenoxy) is 2. The van der Waals surface area contributed by atoms with Crippen LogP contribution < -0.4 is 15.2 Å². The highest BCUT2D eigenvalue weighted by atomic mass is 32.1. The molecule has 1 aromatic heterocycles. The number of nitrogens with two attached hydrogens (primary N) is 1. The van der Waals surface area contributed by atoms with Crippen molar-refractivity contribution in [2.45, 2.75) is 20.0 Å². The van der Waals surface area contributed by atoms with Gasteiger partial charge in [-0.15, -0.1) is 5.10 Å². The van der Waals surface area contributed by atoms with Crippen molar-refractivity contribution in [1.82, 2.24) is 9.59 Å². The zero-order valence-electron chi connectivity index (χ0n) is 10.3. The molecule has 2 aromatic rings. The average molecular weight is 265 g/mol. The van der Waals surface area contributed by atoms with E-state index >= 15 is 0 Å². The fraction of sp³-hybridized carbons (Fsp3) is 0.333. The van der Waals surface area contributed by atoms with Crippen LogP contribution in [-0.2, 0) is 13.0 Å². The minimum absolute atomic E-state index is 0.296. The molecule has 0 fully saturated rings. The smallest absolute Gasteiger partial charge is 0.161 e. The monoisotopic (exact) mass is 265 g/mol. The zero-order chi connectivity index (χ0) is 13.0. The fourth-order valence-electron chi connectivity index (χ4n) is 1.51. The molecule has 0 atom stereocenters. The summed E-state index contributed by atoms with van der Waals surface area (Å²) in [5.74, 6) is 1.40. The number of aryl methyl sites for hydroxylation is 1. The van der Waals surface area contributed by atoms with Crippen molar-refractivity contribution in [2.75, 3.05) is 12.8 Å². The first-order valence-electron chi connectivity index (χ1n) is 5.61. The highest BCUT2D eigenvalue weighted by Gasteiger charge is 2.09. The molecule has 0 aliphatic heterocycles. The minimum atomic E-state index is 0.296. The van der Waals surface area contributed by atoms with Crippen LogP contribution in [0, 0.1) is 0 Å². The van der Waals surface area contributed by atoms with Gasteiger partial charge in [-0.2, -0.15) is 0 Å². The lowest BCUT2D eigenvalue weighted by Gasteiger charge is -2.11. The van der Waals surface area contributed by atoms with Gasteiger partial charge >= 0.3 is 0 Å². The van der Waals surface area contributed by atoms with Gasteiger partial charge in [0.1, 0.15) is 17.3 Å². The van der Waals surface area contributed by atoms with Crippen LogP contribution in [0.4, 0.5) is 5.00 Å². The molecule has 0 aliphatic rings. The highest BCUT2D eigenvalue weighted by molar-refractivity contribution is 7.09. The van der Waals surface area contributed by atoms with E-state index in [4.69, 9.17) is 15.2 Å². The molecular weight excluding hydrogens is 250 g/mol. The molecule has 2 rings (SSSR count). The van der Waals surface area contributed by atoms with Crippen LogP contribution in [0.2, 0.25) is 0 Å². The van der Waals surface area contributed by atoms with Gasteiger partial charge in [0.25, 0.3) is 0 Å². The maximum Gasteiger partial charge on any atom is 0.161 e.